The molecular formula is C48H50Br2N2O8. The standard InChI is InChI=1S/C48H50Br2N2O8/c1-23(2)37-29-19-27(7)39(45(55)41(29)31(43(53)47(37)57)21-51-13-15-59-35-11-9-25(5)17-33(35)49)40-28(8)20-30-38(24(3)4)48(58)44(54)32(42(30)46(40)56)22-52-14-16-60-36-12-10-26(6)18-34(36)50/h9-12,17-24,53-58H,13-16H2,1-8H3. The number of aliphatic imine (C=N–C) groups is 2. The fourth-order valence-corrected chi connectivity index (χ4v) is 9.01. The average molecular weight is 943 g/mol. The minimum Gasteiger partial charge on any atom is -0.507 e. The third-order valence-corrected chi connectivity index (χ3v) is 11.8. The quantitative estimate of drug-likeness (QED) is 0.0378. The third kappa shape index (κ3) is 8.45. The Labute approximate surface area is 366 Å². The molecule has 0 saturated carbocycles. The van der Waals surface area contributed by atoms with Crippen LogP contribution in [0.5, 0.6) is 46.0 Å². The second-order valence-electron chi connectivity index (χ2n) is 15.7. The molecule has 0 radical (unpaired) electrons. The van der Waals surface area contributed by atoms with Gasteiger partial charge in [0, 0.05) is 56.6 Å². The van der Waals surface area contributed by atoms with Crippen LogP contribution in [0.15, 0.2) is 67.5 Å². The first kappa shape index (κ1) is 44.1. The zero-order chi connectivity index (χ0) is 43.7. The molecule has 60 heavy (non-hydrogen) atoms. The number of rotatable bonds is 13. The number of aryl methyl sites for hydroxylation is 4. The van der Waals surface area contributed by atoms with Crippen molar-refractivity contribution in [2.24, 2.45) is 9.98 Å². The molecule has 6 N–H and O–H groups in total. The Morgan fingerprint density at radius 3 is 1.23 bits per heavy atom. The second-order valence-corrected chi connectivity index (χ2v) is 17.4. The molecule has 10 nitrogen and oxygen atoms in total. The van der Waals surface area contributed by atoms with Crippen LogP contribution in [0.4, 0.5) is 0 Å². The molecule has 0 saturated heterocycles. The van der Waals surface area contributed by atoms with E-state index in [0.717, 1.165) is 20.1 Å². The highest BCUT2D eigenvalue weighted by atomic mass is 79.9. The van der Waals surface area contributed by atoms with Crippen molar-refractivity contribution in [1.29, 1.82) is 0 Å². The van der Waals surface area contributed by atoms with Crippen molar-refractivity contribution in [3.63, 3.8) is 0 Å². The molecule has 0 amide bonds. The van der Waals surface area contributed by atoms with Gasteiger partial charge < -0.3 is 40.1 Å². The van der Waals surface area contributed by atoms with E-state index in [1.165, 1.54) is 12.4 Å². The van der Waals surface area contributed by atoms with Crippen molar-refractivity contribution < 1.29 is 40.1 Å². The van der Waals surface area contributed by atoms with Gasteiger partial charge in [-0.25, -0.2) is 0 Å². The molecule has 0 atom stereocenters. The molecule has 0 unspecified atom stereocenters. The maximum Gasteiger partial charge on any atom is 0.167 e. The van der Waals surface area contributed by atoms with E-state index in [1.54, 1.807) is 13.8 Å². The van der Waals surface area contributed by atoms with Gasteiger partial charge in [0.05, 0.1) is 22.0 Å². The summed E-state index contributed by atoms with van der Waals surface area (Å²) in [6.45, 7) is 15.9. The molecular weight excluding hydrogens is 892 g/mol. The summed E-state index contributed by atoms with van der Waals surface area (Å²) in [6.07, 6.45) is 2.82. The normalized spacial score (nSPS) is 12.0. The highest BCUT2D eigenvalue weighted by Crippen LogP contribution is 2.54. The number of fused-ring (bicyclic) bond motifs is 2. The lowest BCUT2D eigenvalue weighted by Gasteiger charge is -2.23. The lowest BCUT2D eigenvalue weighted by molar-refractivity contribution is 0.327. The number of phenolic OH excluding ortho intramolecular Hbond substituents is 6. The topological polar surface area (TPSA) is 165 Å². The molecule has 0 aromatic heterocycles. The van der Waals surface area contributed by atoms with Gasteiger partial charge in [0.2, 0.25) is 0 Å². The fourth-order valence-electron chi connectivity index (χ4n) is 7.80. The molecule has 0 bridgehead atoms. The van der Waals surface area contributed by atoms with Gasteiger partial charge in [-0.15, -0.1) is 0 Å². The van der Waals surface area contributed by atoms with Crippen molar-refractivity contribution >= 4 is 65.8 Å². The molecule has 0 aliphatic rings. The number of halogens is 2. The number of ether oxygens (including phenoxy) is 2. The Morgan fingerprint density at radius 1 is 0.533 bits per heavy atom. The first-order valence-corrected chi connectivity index (χ1v) is 21.3. The Hall–Kier alpha value is -5.46. The smallest absolute Gasteiger partial charge is 0.167 e. The van der Waals surface area contributed by atoms with E-state index in [2.05, 4.69) is 41.8 Å². The van der Waals surface area contributed by atoms with Gasteiger partial charge in [-0.2, -0.15) is 0 Å². The molecule has 0 heterocycles. The van der Waals surface area contributed by atoms with Gasteiger partial charge in [-0.1, -0.05) is 52.0 Å². The van der Waals surface area contributed by atoms with E-state index in [0.29, 0.717) is 44.5 Å². The van der Waals surface area contributed by atoms with Gasteiger partial charge in [0.1, 0.15) is 36.2 Å². The van der Waals surface area contributed by atoms with Crippen molar-refractivity contribution in [2.75, 3.05) is 26.3 Å². The summed E-state index contributed by atoms with van der Waals surface area (Å²) in [5.74, 6) is -1.19. The molecule has 0 spiro atoms. The first-order chi connectivity index (χ1) is 28.4. The minimum atomic E-state index is -0.444. The summed E-state index contributed by atoms with van der Waals surface area (Å²) < 4.78 is 13.4. The summed E-state index contributed by atoms with van der Waals surface area (Å²) >= 11 is 7.04. The second kappa shape index (κ2) is 18.0. The van der Waals surface area contributed by atoms with Crippen LogP contribution < -0.4 is 9.47 Å². The van der Waals surface area contributed by atoms with Crippen LogP contribution in [0.1, 0.15) is 84.0 Å². The highest BCUT2D eigenvalue weighted by Gasteiger charge is 2.29. The number of aromatic hydroxyl groups is 6. The number of hydrogen-bond acceptors (Lipinski definition) is 10. The van der Waals surface area contributed by atoms with Crippen LogP contribution >= 0.6 is 31.9 Å². The van der Waals surface area contributed by atoms with Crippen molar-refractivity contribution in [3.05, 3.63) is 102 Å². The predicted octanol–water partition coefficient (Wildman–Crippen LogP) is 11.9. The summed E-state index contributed by atoms with van der Waals surface area (Å²) in [5.41, 5.74) is 4.94. The van der Waals surface area contributed by atoms with Gasteiger partial charge in [-0.05, 0) is 129 Å². The summed E-state index contributed by atoms with van der Waals surface area (Å²) in [5, 5.41) is 72.0. The van der Waals surface area contributed by atoms with Crippen molar-refractivity contribution in [1.82, 2.24) is 0 Å². The van der Waals surface area contributed by atoms with Gasteiger partial charge >= 0.3 is 0 Å². The average Bonchev–Trinajstić information content (AvgIpc) is 3.16. The van der Waals surface area contributed by atoms with Gasteiger partial charge in [-0.3, -0.25) is 9.98 Å². The van der Waals surface area contributed by atoms with E-state index in [-0.39, 0.29) is 94.2 Å². The summed E-state index contributed by atoms with van der Waals surface area (Å²) in [7, 11) is 0. The van der Waals surface area contributed by atoms with Gasteiger partial charge in [0.15, 0.2) is 23.0 Å². The maximum atomic E-state index is 12.4. The molecule has 0 aliphatic carbocycles. The molecule has 6 aromatic carbocycles. The lowest BCUT2D eigenvalue weighted by Crippen LogP contribution is -2.03. The Morgan fingerprint density at radius 2 is 0.900 bits per heavy atom. The maximum absolute atomic E-state index is 12.4. The van der Waals surface area contributed by atoms with E-state index >= 15 is 0 Å². The van der Waals surface area contributed by atoms with Gasteiger partial charge in [0.25, 0.3) is 0 Å². The molecule has 6 aromatic rings. The van der Waals surface area contributed by atoms with E-state index in [1.807, 2.05) is 90.1 Å². The van der Waals surface area contributed by atoms with Crippen LogP contribution in [0.25, 0.3) is 32.7 Å². The van der Waals surface area contributed by atoms with E-state index in [9.17, 15) is 30.6 Å². The lowest BCUT2D eigenvalue weighted by atomic mass is 9.83. The van der Waals surface area contributed by atoms with Crippen LogP contribution in [0.3, 0.4) is 0 Å². The van der Waals surface area contributed by atoms with Crippen molar-refractivity contribution in [3.8, 4) is 57.1 Å². The van der Waals surface area contributed by atoms with Crippen LogP contribution in [0, 0.1) is 27.7 Å². The van der Waals surface area contributed by atoms with Crippen LogP contribution in [-0.2, 0) is 0 Å². The first-order valence-electron chi connectivity index (χ1n) is 19.7. The largest absolute Gasteiger partial charge is 0.507 e. The number of nitrogens with zero attached hydrogens (tertiary/aromatic N) is 2. The highest BCUT2D eigenvalue weighted by molar-refractivity contribution is 9.11. The van der Waals surface area contributed by atoms with E-state index < -0.39 is 11.5 Å². The number of benzene rings is 6. The zero-order valence-electron chi connectivity index (χ0n) is 34.9. The molecule has 0 fully saturated rings. The Balaban J connectivity index is 1.49. The third-order valence-electron chi connectivity index (χ3n) is 10.6. The molecule has 12 heteroatoms. The Kier molecular flexibility index (Phi) is 13.3. The van der Waals surface area contributed by atoms with Crippen LogP contribution in [-0.4, -0.2) is 69.4 Å². The van der Waals surface area contributed by atoms with Crippen LogP contribution in [0.2, 0.25) is 0 Å². The number of phenols is 6. The molecule has 6 rings (SSSR count). The predicted molar refractivity (Wildman–Crippen MR) is 248 cm³/mol. The summed E-state index contributed by atoms with van der Waals surface area (Å²) in [4.78, 5) is 9.04. The number of hydrogen-bond donors (Lipinski definition) is 6. The SMILES string of the molecule is Cc1ccc(OCCN=Cc2c(O)c(O)c(C(C)C)c3cc(C)c(-c4c(C)cc5c(C(C)C)c(O)c(O)c(C=NCCOc6ccc(C)cc6Br)c5c4O)c(O)c23)c(Br)c1. The Bertz CT molecular complexity index is 2520. The zero-order valence-corrected chi connectivity index (χ0v) is 38.1. The van der Waals surface area contributed by atoms with E-state index in [4.69, 9.17) is 9.47 Å². The fraction of sp³-hybridized carbons (Fsp3) is 0.292. The molecule has 314 valence electrons. The molecule has 0 aliphatic heterocycles. The van der Waals surface area contributed by atoms with Crippen molar-refractivity contribution in [2.45, 2.75) is 67.2 Å². The monoisotopic (exact) mass is 940 g/mol. The summed E-state index contributed by atoms with van der Waals surface area (Å²) in [6, 6.07) is 15.2. The minimum absolute atomic E-state index is 0.0949.